The van der Waals surface area contributed by atoms with E-state index in [9.17, 15) is 9.59 Å². The summed E-state index contributed by atoms with van der Waals surface area (Å²) in [5, 5.41) is 5.70. The summed E-state index contributed by atoms with van der Waals surface area (Å²) in [4.78, 5) is 27.4. The number of aryl methyl sites for hydroxylation is 1. The molecule has 0 radical (unpaired) electrons. The standard InChI is InChI=1S/C27H33N3O5/c1-5-30(6-2)13-15-35-23-12-10-20(16-25(23)33-4)18-28-26(31)21-11-9-19(3)22(17-21)29-27(32)24-8-7-14-34-24/h7-12,14,16-17H,5-6,13,15,18H2,1-4H3,(H,28,31)(H,29,32). The monoisotopic (exact) mass is 479 g/mol. The van der Waals surface area contributed by atoms with Crippen molar-refractivity contribution in [2.75, 3.05) is 38.7 Å². The van der Waals surface area contributed by atoms with Crippen LogP contribution in [0.25, 0.3) is 0 Å². The number of hydrogen-bond acceptors (Lipinski definition) is 6. The molecule has 2 amide bonds. The molecule has 0 spiro atoms. The maximum atomic E-state index is 12.8. The number of likely N-dealkylation sites (N-methyl/N-ethyl adjacent to an activating group) is 1. The third-order valence-electron chi connectivity index (χ3n) is 5.73. The molecule has 0 unspecified atom stereocenters. The number of furan rings is 1. The number of ether oxygens (including phenoxy) is 2. The fourth-order valence-electron chi connectivity index (χ4n) is 3.54. The van der Waals surface area contributed by atoms with Gasteiger partial charge in [0.25, 0.3) is 11.8 Å². The Morgan fingerprint density at radius 3 is 2.49 bits per heavy atom. The van der Waals surface area contributed by atoms with Crippen LogP contribution >= 0.6 is 0 Å². The smallest absolute Gasteiger partial charge is 0.291 e. The molecule has 2 N–H and O–H groups in total. The van der Waals surface area contributed by atoms with Gasteiger partial charge in [0.1, 0.15) is 6.61 Å². The van der Waals surface area contributed by atoms with Gasteiger partial charge in [0.2, 0.25) is 0 Å². The van der Waals surface area contributed by atoms with E-state index in [1.54, 1.807) is 37.4 Å². The molecule has 186 valence electrons. The van der Waals surface area contributed by atoms with E-state index < -0.39 is 0 Å². The van der Waals surface area contributed by atoms with Crippen molar-refractivity contribution in [3.63, 3.8) is 0 Å². The Morgan fingerprint density at radius 1 is 1.00 bits per heavy atom. The van der Waals surface area contributed by atoms with Crippen LogP contribution in [0.2, 0.25) is 0 Å². The highest BCUT2D eigenvalue weighted by Gasteiger charge is 2.14. The molecule has 0 saturated heterocycles. The van der Waals surface area contributed by atoms with Gasteiger partial charge in [-0.25, -0.2) is 0 Å². The number of anilines is 1. The minimum Gasteiger partial charge on any atom is -0.493 e. The molecule has 1 aromatic heterocycles. The molecule has 2 aromatic carbocycles. The molecule has 8 nitrogen and oxygen atoms in total. The first-order valence-corrected chi connectivity index (χ1v) is 11.7. The summed E-state index contributed by atoms with van der Waals surface area (Å²) in [6.07, 6.45) is 1.44. The summed E-state index contributed by atoms with van der Waals surface area (Å²) in [6, 6.07) is 14.0. The van der Waals surface area contributed by atoms with E-state index in [0.29, 0.717) is 35.9 Å². The zero-order valence-electron chi connectivity index (χ0n) is 20.7. The predicted molar refractivity (Wildman–Crippen MR) is 135 cm³/mol. The minimum absolute atomic E-state index is 0.202. The van der Waals surface area contributed by atoms with E-state index in [1.165, 1.54) is 6.26 Å². The molecule has 8 heteroatoms. The van der Waals surface area contributed by atoms with E-state index in [1.807, 2.05) is 25.1 Å². The van der Waals surface area contributed by atoms with Crippen molar-refractivity contribution < 1.29 is 23.5 Å². The molecular weight excluding hydrogens is 446 g/mol. The molecule has 0 aliphatic carbocycles. The number of carbonyl (C=O) groups is 2. The predicted octanol–water partition coefficient (Wildman–Crippen LogP) is 4.50. The summed E-state index contributed by atoms with van der Waals surface area (Å²) >= 11 is 0. The second-order valence-corrected chi connectivity index (χ2v) is 8.00. The van der Waals surface area contributed by atoms with Crippen LogP contribution in [-0.4, -0.2) is 50.1 Å². The Bertz CT molecular complexity index is 1120. The average Bonchev–Trinajstić information content (AvgIpc) is 3.42. The van der Waals surface area contributed by atoms with Gasteiger partial charge in [0, 0.05) is 24.3 Å². The van der Waals surface area contributed by atoms with Crippen molar-refractivity contribution >= 4 is 17.5 Å². The molecule has 0 saturated carbocycles. The van der Waals surface area contributed by atoms with Gasteiger partial charge in [-0.1, -0.05) is 26.0 Å². The van der Waals surface area contributed by atoms with Crippen molar-refractivity contribution in [2.24, 2.45) is 0 Å². The van der Waals surface area contributed by atoms with Gasteiger partial charge < -0.3 is 29.4 Å². The van der Waals surface area contributed by atoms with E-state index in [4.69, 9.17) is 13.9 Å². The van der Waals surface area contributed by atoms with Crippen molar-refractivity contribution in [1.82, 2.24) is 10.2 Å². The van der Waals surface area contributed by atoms with E-state index in [2.05, 4.69) is 29.4 Å². The van der Waals surface area contributed by atoms with Gasteiger partial charge in [-0.05, 0) is 67.5 Å². The van der Waals surface area contributed by atoms with Crippen molar-refractivity contribution in [2.45, 2.75) is 27.3 Å². The van der Waals surface area contributed by atoms with Crippen molar-refractivity contribution in [3.05, 3.63) is 77.2 Å². The Hall–Kier alpha value is -3.78. The highest BCUT2D eigenvalue weighted by atomic mass is 16.5. The lowest BCUT2D eigenvalue weighted by Gasteiger charge is -2.19. The quantitative estimate of drug-likeness (QED) is 0.397. The van der Waals surface area contributed by atoms with Crippen LogP contribution in [-0.2, 0) is 6.54 Å². The maximum Gasteiger partial charge on any atom is 0.291 e. The first kappa shape index (κ1) is 25.8. The lowest BCUT2D eigenvalue weighted by atomic mass is 10.1. The number of rotatable bonds is 12. The maximum absolute atomic E-state index is 12.8. The van der Waals surface area contributed by atoms with Gasteiger partial charge >= 0.3 is 0 Å². The zero-order chi connectivity index (χ0) is 25.2. The summed E-state index contributed by atoms with van der Waals surface area (Å²) < 4.78 is 16.5. The molecule has 35 heavy (non-hydrogen) atoms. The van der Waals surface area contributed by atoms with Crippen molar-refractivity contribution in [3.8, 4) is 11.5 Å². The highest BCUT2D eigenvalue weighted by molar-refractivity contribution is 6.03. The van der Waals surface area contributed by atoms with Gasteiger partial charge in [-0.2, -0.15) is 0 Å². The molecule has 0 aliphatic heterocycles. The number of carbonyl (C=O) groups excluding carboxylic acids is 2. The molecule has 0 fully saturated rings. The summed E-state index contributed by atoms with van der Waals surface area (Å²) in [5.41, 5.74) is 2.70. The Balaban J connectivity index is 1.60. The summed E-state index contributed by atoms with van der Waals surface area (Å²) in [7, 11) is 1.60. The molecule has 0 atom stereocenters. The topological polar surface area (TPSA) is 93.0 Å². The first-order chi connectivity index (χ1) is 16.9. The van der Waals surface area contributed by atoms with Gasteiger partial charge in [-0.15, -0.1) is 0 Å². The van der Waals surface area contributed by atoms with E-state index in [-0.39, 0.29) is 17.6 Å². The lowest BCUT2D eigenvalue weighted by Crippen LogP contribution is -2.28. The van der Waals surface area contributed by atoms with Crippen LogP contribution < -0.4 is 20.1 Å². The molecule has 0 aliphatic rings. The van der Waals surface area contributed by atoms with Crippen LogP contribution in [0.4, 0.5) is 5.69 Å². The number of nitrogens with zero attached hydrogens (tertiary/aromatic N) is 1. The Kier molecular flexibility index (Phi) is 9.31. The van der Waals surface area contributed by atoms with Crippen molar-refractivity contribution in [1.29, 1.82) is 0 Å². The SMILES string of the molecule is CCN(CC)CCOc1ccc(CNC(=O)c2ccc(C)c(NC(=O)c3ccco3)c2)cc1OC. The number of benzene rings is 2. The van der Waals surface area contributed by atoms with Crippen LogP contribution in [0.1, 0.15) is 45.9 Å². The van der Waals surface area contributed by atoms with Crippen LogP contribution in [0, 0.1) is 6.92 Å². The molecule has 3 aromatic rings. The van der Waals surface area contributed by atoms with Gasteiger partial charge in [0.15, 0.2) is 17.3 Å². The zero-order valence-corrected chi connectivity index (χ0v) is 20.7. The Labute approximate surface area is 206 Å². The van der Waals surface area contributed by atoms with E-state index in [0.717, 1.165) is 30.8 Å². The number of methoxy groups -OCH3 is 1. The molecular formula is C27H33N3O5. The normalized spacial score (nSPS) is 10.8. The number of hydrogen-bond donors (Lipinski definition) is 2. The second kappa shape index (κ2) is 12.6. The van der Waals surface area contributed by atoms with Gasteiger partial charge in [-0.3, -0.25) is 9.59 Å². The van der Waals surface area contributed by atoms with Crippen LogP contribution in [0.5, 0.6) is 11.5 Å². The second-order valence-electron chi connectivity index (χ2n) is 8.00. The first-order valence-electron chi connectivity index (χ1n) is 11.7. The summed E-state index contributed by atoms with van der Waals surface area (Å²) in [5.74, 6) is 0.868. The van der Waals surface area contributed by atoms with Gasteiger partial charge in [0.05, 0.1) is 13.4 Å². The summed E-state index contributed by atoms with van der Waals surface area (Å²) in [6.45, 7) is 9.80. The average molecular weight is 480 g/mol. The fraction of sp³-hybridized carbons (Fsp3) is 0.333. The van der Waals surface area contributed by atoms with Crippen LogP contribution in [0.3, 0.4) is 0 Å². The lowest BCUT2D eigenvalue weighted by molar-refractivity contribution is 0.0949. The molecule has 1 heterocycles. The molecule has 3 rings (SSSR count). The third-order valence-corrected chi connectivity index (χ3v) is 5.73. The number of amides is 2. The third kappa shape index (κ3) is 7.10. The Morgan fingerprint density at radius 2 is 1.80 bits per heavy atom. The minimum atomic E-state index is -0.373. The highest BCUT2D eigenvalue weighted by Crippen LogP contribution is 2.28. The fourth-order valence-corrected chi connectivity index (χ4v) is 3.54. The number of nitrogens with one attached hydrogen (secondary N) is 2. The van der Waals surface area contributed by atoms with Crippen LogP contribution in [0.15, 0.2) is 59.2 Å². The van der Waals surface area contributed by atoms with E-state index >= 15 is 0 Å². The molecule has 0 bridgehead atoms. The largest absolute Gasteiger partial charge is 0.493 e.